The number of hydrogen-bond acceptors (Lipinski definition) is 4. The molecule has 0 saturated carbocycles. The smallest absolute Gasteiger partial charge is 0.382 e. The molecule has 0 aliphatic carbocycles. The molecule has 0 bridgehead atoms. The molecule has 13 heavy (non-hydrogen) atoms. The van der Waals surface area contributed by atoms with E-state index < -0.39 is 5.69 Å². The van der Waals surface area contributed by atoms with Gasteiger partial charge in [0.05, 0.1) is 6.20 Å². The molecule has 1 heterocycles. The van der Waals surface area contributed by atoms with Crippen LogP contribution in [0.4, 0.5) is 5.82 Å². The van der Waals surface area contributed by atoms with Crippen molar-refractivity contribution >= 4 is 5.82 Å². The number of nitrogens with zero attached hydrogens (tertiary/aromatic N) is 2. The summed E-state index contributed by atoms with van der Waals surface area (Å²) in [7, 11) is 0. The van der Waals surface area contributed by atoms with Crippen molar-refractivity contribution in [1.29, 1.82) is 0 Å². The van der Waals surface area contributed by atoms with Crippen LogP contribution < -0.4 is 11.0 Å². The van der Waals surface area contributed by atoms with Gasteiger partial charge in [-0.1, -0.05) is 13.3 Å². The Morgan fingerprint density at radius 1 is 1.69 bits per heavy atom. The molecule has 1 aromatic rings. The predicted octanol–water partition coefficient (Wildman–Crippen LogP) is 0.693. The Labute approximate surface area is 76.0 Å². The lowest BCUT2D eigenvalue weighted by atomic mass is 10.3. The molecule has 1 rings (SSSR count). The zero-order valence-corrected chi connectivity index (χ0v) is 7.53. The quantitative estimate of drug-likeness (QED) is 0.532. The minimum atomic E-state index is -0.665. The number of unbranched alkanes of at least 4 members (excludes halogenated alkanes) is 1. The molecule has 0 unspecified atom stereocenters. The third-order valence-corrected chi connectivity index (χ3v) is 1.62. The van der Waals surface area contributed by atoms with Gasteiger partial charge in [0, 0.05) is 12.6 Å². The molecule has 0 fully saturated rings. The Balaban J connectivity index is 2.58. The summed E-state index contributed by atoms with van der Waals surface area (Å²) >= 11 is 0. The molecular weight excluding hydrogens is 170 g/mol. The van der Waals surface area contributed by atoms with Gasteiger partial charge in [0.1, 0.15) is 5.82 Å². The van der Waals surface area contributed by atoms with Crippen LogP contribution in [0.3, 0.4) is 0 Å². The SMILES string of the molecule is CCCCNc1ccn(O)c(=O)n1. The van der Waals surface area contributed by atoms with Gasteiger partial charge in [0.25, 0.3) is 0 Å². The highest BCUT2D eigenvalue weighted by atomic mass is 16.5. The maximum Gasteiger partial charge on any atom is 0.382 e. The van der Waals surface area contributed by atoms with E-state index in [9.17, 15) is 4.79 Å². The maximum absolute atomic E-state index is 10.8. The van der Waals surface area contributed by atoms with E-state index in [1.165, 1.54) is 6.20 Å². The van der Waals surface area contributed by atoms with Crippen molar-refractivity contribution in [2.24, 2.45) is 0 Å². The standard InChI is InChI=1S/C8H13N3O2/c1-2-3-5-9-7-4-6-11(13)8(12)10-7/h4,6,13H,2-3,5H2,1H3,(H,9,10,12). The molecule has 0 amide bonds. The lowest BCUT2D eigenvalue weighted by Crippen LogP contribution is -2.21. The van der Waals surface area contributed by atoms with Crippen LogP contribution in [0.15, 0.2) is 17.1 Å². The van der Waals surface area contributed by atoms with E-state index in [0.29, 0.717) is 10.5 Å². The number of anilines is 1. The van der Waals surface area contributed by atoms with Crippen molar-refractivity contribution in [2.45, 2.75) is 19.8 Å². The van der Waals surface area contributed by atoms with E-state index in [0.717, 1.165) is 19.4 Å². The highest BCUT2D eigenvalue weighted by Gasteiger charge is 1.96. The van der Waals surface area contributed by atoms with Gasteiger partial charge < -0.3 is 10.5 Å². The molecule has 0 saturated heterocycles. The molecule has 5 nitrogen and oxygen atoms in total. The van der Waals surface area contributed by atoms with Gasteiger partial charge >= 0.3 is 5.69 Å². The molecule has 0 aliphatic rings. The summed E-state index contributed by atoms with van der Waals surface area (Å²) in [6.07, 6.45) is 3.39. The summed E-state index contributed by atoms with van der Waals surface area (Å²) in [5, 5.41) is 11.8. The first-order chi connectivity index (χ1) is 6.24. The molecule has 0 atom stereocenters. The number of aromatic nitrogens is 2. The first-order valence-electron chi connectivity index (χ1n) is 4.27. The van der Waals surface area contributed by atoms with Crippen molar-refractivity contribution < 1.29 is 5.21 Å². The highest BCUT2D eigenvalue weighted by Crippen LogP contribution is 1.97. The average molecular weight is 183 g/mol. The van der Waals surface area contributed by atoms with E-state index in [4.69, 9.17) is 5.21 Å². The Morgan fingerprint density at radius 3 is 3.08 bits per heavy atom. The molecule has 1 aromatic heterocycles. The van der Waals surface area contributed by atoms with Crippen LogP contribution in [0.1, 0.15) is 19.8 Å². The van der Waals surface area contributed by atoms with Crippen molar-refractivity contribution in [3.05, 3.63) is 22.7 Å². The van der Waals surface area contributed by atoms with E-state index in [1.54, 1.807) is 6.07 Å². The topological polar surface area (TPSA) is 67.2 Å². The second kappa shape index (κ2) is 4.49. The molecule has 72 valence electrons. The molecule has 0 spiro atoms. The fraction of sp³-hybridized carbons (Fsp3) is 0.500. The fourth-order valence-corrected chi connectivity index (χ4v) is 0.888. The van der Waals surface area contributed by atoms with E-state index >= 15 is 0 Å². The van der Waals surface area contributed by atoms with Crippen LogP contribution in [-0.4, -0.2) is 21.5 Å². The molecule has 5 heteroatoms. The van der Waals surface area contributed by atoms with Gasteiger partial charge in [-0.15, -0.1) is 4.73 Å². The molecule has 0 aromatic carbocycles. The normalized spacial score (nSPS) is 9.92. The zero-order chi connectivity index (χ0) is 9.68. The second-order valence-corrected chi connectivity index (χ2v) is 2.72. The third kappa shape index (κ3) is 2.77. The predicted molar refractivity (Wildman–Crippen MR) is 49.1 cm³/mol. The fourth-order valence-electron chi connectivity index (χ4n) is 0.888. The summed E-state index contributed by atoms with van der Waals surface area (Å²) in [6, 6.07) is 1.55. The maximum atomic E-state index is 10.8. The lowest BCUT2D eigenvalue weighted by molar-refractivity contribution is 0.170. The van der Waals surface area contributed by atoms with Crippen molar-refractivity contribution in [3.63, 3.8) is 0 Å². The first-order valence-corrected chi connectivity index (χ1v) is 4.27. The Hall–Kier alpha value is -1.52. The van der Waals surface area contributed by atoms with Gasteiger partial charge in [-0.2, -0.15) is 4.98 Å². The van der Waals surface area contributed by atoms with E-state index in [-0.39, 0.29) is 0 Å². The van der Waals surface area contributed by atoms with Crippen LogP contribution in [-0.2, 0) is 0 Å². The Bertz CT molecular complexity index is 321. The summed E-state index contributed by atoms with van der Waals surface area (Å²) in [6.45, 7) is 2.87. The van der Waals surface area contributed by atoms with Gasteiger partial charge in [-0.25, -0.2) is 4.79 Å². The molecule has 0 aliphatic heterocycles. The number of hydrogen-bond donors (Lipinski definition) is 2. The van der Waals surface area contributed by atoms with Gasteiger partial charge in [-0.05, 0) is 6.42 Å². The van der Waals surface area contributed by atoms with E-state index in [1.807, 2.05) is 0 Å². The van der Waals surface area contributed by atoms with Gasteiger partial charge in [0.15, 0.2) is 0 Å². The summed E-state index contributed by atoms with van der Waals surface area (Å²) in [5.74, 6) is 0.503. The minimum absolute atomic E-state index is 0.449. The van der Waals surface area contributed by atoms with Crippen LogP contribution >= 0.6 is 0 Å². The molecule has 2 N–H and O–H groups in total. The van der Waals surface area contributed by atoms with Gasteiger partial charge in [-0.3, -0.25) is 0 Å². The largest absolute Gasteiger partial charge is 0.424 e. The number of rotatable bonds is 4. The average Bonchev–Trinajstić information content (AvgIpc) is 2.12. The summed E-state index contributed by atoms with van der Waals surface area (Å²) < 4.78 is 0.449. The van der Waals surface area contributed by atoms with Crippen molar-refractivity contribution in [1.82, 2.24) is 9.71 Å². The Kier molecular flexibility index (Phi) is 3.31. The van der Waals surface area contributed by atoms with E-state index in [2.05, 4.69) is 17.2 Å². The molecule has 0 radical (unpaired) electrons. The van der Waals surface area contributed by atoms with Crippen LogP contribution in [0, 0.1) is 0 Å². The Morgan fingerprint density at radius 2 is 2.46 bits per heavy atom. The van der Waals surface area contributed by atoms with Crippen LogP contribution in [0.2, 0.25) is 0 Å². The van der Waals surface area contributed by atoms with Crippen molar-refractivity contribution in [2.75, 3.05) is 11.9 Å². The highest BCUT2D eigenvalue weighted by molar-refractivity contribution is 5.31. The minimum Gasteiger partial charge on any atom is -0.424 e. The third-order valence-electron chi connectivity index (χ3n) is 1.62. The summed E-state index contributed by atoms with van der Waals surface area (Å²) in [4.78, 5) is 14.4. The first kappa shape index (κ1) is 9.57. The summed E-state index contributed by atoms with van der Waals surface area (Å²) in [5.41, 5.74) is -0.665. The monoisotopic (exact) mass is 183 g/mol. The van der Waals surface area contributed by atoms with Gasteiger partial charge in [0.2, 0.25) is 0 Å². The van der Waals surface area contributed by atoms with Crippen LogP contribution in [0.5, 0.6) is 0 Å². The van der Waals surface area contributed by atoms with Crippen molar-refractivity contribution in [3.8, 4) is 0 Å². The molecular formula is C8H13N3O2. The zero-order valence-electron chi connectivity index (χ0n) is 7.53. The number of nitrogens with one attached hydrogen (secondary N) is 1. The second-order valence-electron chi connectivity index (χ2n) is 2.72. The van der Waals surface area contributed by atoms with Crippen LogP contribution in [0.25, 0.3) is 0 Å². The lowest BCUT2D eigenvalue weighted by Gasteiger charge is -2.03.